The van der Waals surface area contributed by atoms with E-state index in [1.807, 2.05) is 11.0 Å². The van der Waals surface area contributed by atoms with Crippen molar-refractivity contribution < 1.29 is 4.79 Å². The normalized spacial score (nSPS) is 19.5. The molecule has 0 atom stereocenters. The van der Waals surface area contributed by atoms with E-state index in [9.17, 15) is 4.79 Å². The van der Waals surface area contributed by atoms with E-state index in [0.29, 0.717) is 11.7 Å². The van der Waals surface area contributed by atoms with Crippen LogP contribution in [0.15, 0.2) is 16.6 Å². The Labute approximate surface area is 96.4 Å². The standard InChI is InChI=1S/C11H11BrN2O/c12-10-4-6(13)3-8-9(10)5-14(11(8)15)7-1-2-7/h3-4,7H,1-2,5,13H2. The molecular weight excluding hydrogens is 256 g/mol. The molecule has 15 heavy (non-hydrogen) atoms. The first-order valence-corrected chi connectivity index (χ1v) is 5.85. The minimum Gasteiger partial charge on any atom is -0.399 e. The van der Waals surface area contributed by atoms with E-state index in [4.69, 9.17) is 5.73 Å². The second-order valence-corrected chi connectivity index (χ2v) is 5.05. The van der Waals surface area contributed by atoms with Crippen molar-refractivity contribution in [2.45, 2.75) is 25.4 Å². The van der Waals surface area contributed by atoms with Crippen molar-refractivity contribution in [3.63, 3.8) is 0 Å². The monoisotopic (exact) mass is 266 g/mol. The molecule has 2 N–H and O–H groups in total. The van der Waals surface area contributed by atoms with Crippen LogP contribution in [-0.2, 0) is 6.54 Å². The average Bonchev–Trinajstić information content (AvgIpc) is 2.94. The second kappa shape index (κ2) is 2.98. The Morgan fingerprint density at radius 1 is 1.40 bits per heavy atom. The summed E-state index contributed by atoms with van der Waals surface area (Å²) in [7, 11) is 0. The molecule has 2 aliphatic rings. The summed E-state index contributed by atoms with van der Waals surface area (Å²) in [6.45, 7) is 0.736. The van der Waals surface area contributed by atoms with Gasteiger partial charge in [-0.2, -0.15) is 0 Å². The van der Waals surface area contributed by atoms with Crippen LogP contribution in [0.5, 0.6) is 0 Å². The summed E-state index contributed by atoms with van der Waals surface area (Å²) >= 11 is 3.46. The highest BCUT2D eigenvalue weighted by molar-refractivity contribution is 9.10. The zero-order valence-electron chi connectivity index (χ0n) is 8.16. The highest BCUT2D eigenvalue weighted by Gasteiger charge is 2.38. The lowest BCUT2D eigenvalue weighted by molar-refractivity contribution is 0.0766. The van der Waals surface area contributed by atoms with Crippen molar-refractivity contribution in [1.82, 2.24) is 4.90 Å². The minimum atomic E-state index is 0.139. The molecule has 0 unspecified atom stereocenters. The van der Waals surface area contributed by atoms with Crippen LogP contribution in [0.3, 0.4) is 0 Å². The van der Waals surface area contributed by atoms with E-state index in [1.165, 1.54) is 0 Å². The van der Waals surface area contributed by atoms with Crippen LogP contribution in [0.25, 0.3) is 0 Å². The molecule has 0 spiro atoms. The van der Waals surface area contributed by atoms with Crippen LogP contribution >= 0.6 is 15.9 Å². The maximum Gasteiger partial charge on any atom is 0.254 e. The summed E-state index contributed by atoms with van der Waals surface area (Å²) in [6, 6.07) is 4.12. The Morgan fingerprint density at radius 2 is 2.13 bits per heavy atom. The molecule has 3 nitrogen and oxygen atoms in total. The molecule has 1 aliphatic carbocycles. The van der Waals surface area contributed by atoms with Gasteiger partial charge in [-0.15, -0.1) is 0 Å². The Kier molecular flexibility index (Phi) is 1.83. The van der Waals surface area contributed by atoms with Gasteiger partial charge in [0.1, 0.15) is 0 Å². The van der Waals surface area contributed by atoms with E-state index >= 15 is 0 Å². The van der Waals surface area contributed by atoms with Gasteiger partial charge in [-0.05, 0) is 30.5 Å². The lowest BCUT2D eigenvalue weighted by Gasteiger charge is -2.13. The predicted octanol–water partition coefficient (Wildman–Crippen LogP) is 2.15. The molecule has 1 fully saturated rings. The van der Waals surface area contributed by atoms with Crippen molar-refractivity contribution in [3.8, 4) is 0 Å². The Morgan fingerprint density at radius 3 is 2.80 bits per heavy atom. The Hall–Kier alpha value is -1.03. The number of nitrogens with two attached hydrogens (primary N) is 1. The lowest BCUT2D eigenvalue weighted by Crippen LogP contribution is -2.25. The van der Waals surface area contributed by atoms with Crippen LogP contribution in [0.4, 0.5) is 5.69 Å². The molecule has 0 radical (unpaired) electrons. The molecule has 1 heterocycles. The molecule has 1 amide bonds. The molecule has 3 rings (SSSR count). The summed E-state index contributed by atoms with van der Waals surface area (Å²) in [6.07, 6.45) is 2.29. The maximum absolute atomic E-state index is 12.0. The quantitative estimate of drug-likeness (QED) is 0.792. The minimum absolute atomic E-state index is 0.139. The third kappa shape index (κ3) is 1.35. The number of hydrogen-bond acceptors (Lipinski definition) is 2. The Bertz CT molecular complexity index is 454. The number of benzene rings is 1. The molecule has 1 saturated carbocycles. The average molecular weight is 267 g/mol. The summed E-state index contributed by atoms with van der Waals surface area (Å²) in [5, 5.41) is 0. The zero-order valence-corrected chi connectivity index (χ0v) is 9.75. The SMILES string of the molecule is Nc1cc(Br)c2c(c1)C(=O)N(C1CC1)C2. The molecule has 0 aromatic heterocycles. The van der Waals surface area contributed by atoms with Gasteiger partial charge in [0, 0.05) is 28.3 Å². The number of halogens is 1. The number of nitrogens with zero attached hydrogens (tertiary/aromatic N) is 1. The predicted molar refractivity (Wildman–Crippen MR) is 61.4 cm³/mol. The first-order chi connectivity index (χ1) is 7.16. The molecular formula is C11H11BrN2O. The highest BCUT2D eigenvalue weighted by Crippen LogP contribution is 2.38. The third-order valence-corrected chi connectivity index (χ3v) is 3.73. The number of carbonyl (C=O) groups is 1. The number of anilines is 1. The molecule has 1 aromatic carbocycles. The molecule has 0 bridgehead atoms. The van der Waals surface area contributed by atoms with Crippen LogP contribution in [0.2, 0.25) is 0 Å². The van der Waals surface area contributed by atoms with Crippen molar-refractivity contribution in [1.29, 1.82) is 0 Å². The molecule has 4 heteroatoms. The van der Waals surface area contributed by atoms with Crippen molar-refractivity contribution in [2.24, 2.45) is 0 Å². The molecule has 78 valence electrons. The van der Waals surface area contributed by atoms with Gasteiger partial charge in [0.05, 0.1) is 0 Å². The van der Waals surface area contributed by atoms with Gasteiger partial charge in [0.2, 0.25) is 0 Å². The van der Waals surface area contributed by atoms with Crippen LogP contribution in [-0.4, -0.2) is 16.8 Å². The van der Waals surface area contributed by atoms with E-state index in [-0.39, 0.29) is 5.91 Å². The van der Waals surface area contributed by atoms with Crippen LogP contribution in [0, 0.1) is 0 Å². The maximum atomic E-state index is 12.0. The van der Waals surface area contributed by atoms with Gasteiger partial charge in [0.15, 0.2) is 0 Å². The number of nitrogen functional groups attached to an aromatic ring is 1. The van der Waals surface area contributed by atoms with Crippen LogP contribution < -0.4 is 5.73 Å². The molecule has 0 saturated heterocycles. The highest BCUT2D eigenvalue weighted by atomic mass is 79.9. The molecule has 1 aliphatic heterocycles. The van der Waals surface area contributed by atoms with Gasteiger partial charge in [-0.1, -0.05) is 15.9 Å². The lowest BCUT2D eigenvalue weighted by atomic mass is 10.1. The van der Waals surface area contributed by atoms with Gasteiger partial charge >= 0.3 is 0 Å². The fourth-order valence-corrected chi connectivity index (χ4v) is 2.69. The summed E-state index contributed by atoms with van der Waals surface area (Å²) in [5.41, 5.74) is 8.23. The molecule has 1 aromatic rings. The smallest absolute Gasteiger partial charge is 0.254 e. The fraction of sp³-hybridized carbons (Fsp3) is 0.364. The number of carbonyl (C=O) groups excluding carboxylic acids is 1. The van der Waals surface area contributed by atoms with Gasteiger partial charge < -0.3 is 10.6 Å². The summed E-state index contributed by atoms with van der Waals surface area (Å²) in [5.74, 6) is 0.139. The van der Waals surface area contributed by atoms with Gasteiger partial charge in [-0.25, -0.2) is 0 Å². The van der Waals surface area contributed by atoms with Crippen molar-refractivity contribution in [3.05, 3.63) is 27.7 Å². The number of hydrogen-bond donors (Lipinski definition) is 1. The Balaban J connectivity index is 2.07. The van der Waals surface area contributed by atoms with Gasteiger partial charge in [-0.3, -0.25) is 4.79 Å². The van der Waals surface area contributed by atoms with Crippen molar-refractivity contribution >= 4 is 27.5 Å². The van der Waals surface area contributed by atoms with E-state index in [2.05, 4.69) is 15.9 Å². The number of fused-ring (bicyclic) bond motifs is 1. The first kappa shape index (κ1) is 9.21. The first-order valence-electron chi connectivity index (χ1n) is 5.05. The summed E-state index contributed by atoms with van der Waals surface area (Å²) in [4.78, 5) is 14.0. The van der Waals surface area contributed by atoms with E-state index < -0.39 is 0 Å². The van der Waals surface area contributed by atoms with Crippen molar-refractivity contribution in [2.75, 3.05) is 5.73 Å². The zero-order chi connectivity index (χ0) is 10.6. The van der Waals surface area contributed by atoms with Crippen LogP contribution in [0.1, 0.15) is 28.8 Å². The third-order valence-electron chi connectivity index (χ3n) is 3.03. The second-order valence-electron chi connectivity index (χ2n) is 4.19. The van der Waals surface area contributed by atoms with E-state index in [1.54, 1.807) is 6.07 Å². The van der Waals surface area contributed by atoms with Gasteiger partial charge in [0.25, 0.3) is 5.91 Å². The fourth-order valence-electron chi connectivity index (χ4n) is 2.09. The summed E-state index contributed by atoms with van der Waals surface area (Å²) < 4.78 is 0.953. The topological polar surface area (TPSA) is 46.3 Å². The number of rotatable bonds is 1. The largest absolute Gasteiger partial charge is 0.399 e. The number of amides is 1. The van der Waals surface area contributed by atoms with E-state index in [0.717, 1.165) is 35.0 Å².